The van der Waals surface area contributed by atoms with Crippen LogP contribution in [0.2, 0.25) is 0 Å². The Bertz CT molecular complexity index is 146. The minimum absolute atomic E-state index is 0. The van der Waals surface area contributed by atoms with E-state index in [4.69, 9.17) is 0 Å². The molecule has 0 aromatic rings. The maximum absolute atomic E-state index is 9.66. The molecule has 2 aliphatic carbocycles. The van der Waals surface area contributed by atoms with E-state index in [0.717, 1.165) is 38.5 Å². The molecule has 2 nitrogen and oxygen atoms in total. The first kappa shape index (κ1) is 12.0. The summed E-state index contributed by atoms with van der Waals surface area (Å²) < 4.78 is 0. The Morgan fingerprint density at radius 1 is 0.786 bits per heavy atom. The first-order valence-electron chi connectivity index (χ1n) is 6.15. The van der Waals surface area contributed by atoms with Gasteiger partial charge in [-0.1, -0.05) is 26.7 Å². The van der Waals surface area contributed by atoms with Crippen LogP contribution in [0.4, 0.5) is 0 Å². The lowest BCUT2D eigenvalue weighted by atomic mass is 9.86. The summed E-state index contributed by atoms with van der Waals surface area (Å²) in [6, 6.07) is 0. The highest BCUT2D eigenvalue weighted by atomic mass is 16.3. The minimum atomic E-state index is -0.122. The van der Waals surface area contributed by atoms with E-state index in [0.29, 0.717) is 11.8 Å². The Hall–Kier alpha value is -0.0800. The van der Waals surface area contributed by atoms with Gasteiger partial charge >= 0.3 is 0 Å². The molecule has 0 spiro atoms. The van der Waals surface area contributed by atoms with Crippen LogP contribution in [0.5, 0.6) is 0 Å². The van der Waals surface area contributed by atoms with Crippen LogP contribution in [0.3, 0.4) is 0 Å². The first-order chi connectivity index (χ1) is 6.79. The fourth-order valence-electron chi connectivity index (χ4n) is 2.94. The van der Waals surface area contributed by atoms with Crippen molar-refractivity contribution in [1.29, 1.82) is 0 Å². The van der Waals surface area contributed by atoms with Gasteiger partial charge in [0.1, 0.15) is 0 Å². The monoisotopic (exact) mass is 202 g/mol. The third-order valence-electron chi connectivity index (χ3n) is 3.61. The van der Waals surface area contributed by atoms with Crippen molar-refractivity contribution in [2.45, 2.75) is 64.6 Å². The van der Waals surface area contributed by atoms with Crippen LogP contribution in [0, 0.1) is 11.8 Å². The molecule has 0 heterocycles. The van der Waals surface area contributed by atoms with Crippen molar-refractivity contribution in [3.63, 3.8) is 0 Å². The minimum Gasteiger partial charge on any atom is -0.393 e. The highest BCUT2D eigenvalue weighted by molar-refractivity contribution is 4.89. The molecular weight excluding hydrogens is 176 g/mol. The summed E-state index contributed by atoms with van der Waals surface area (Å²) in [6.45, 7) is 4.00. The van der Waals surface area contributed by atoms with Crippen LogP contribution in [-0.2, 0) is 0 Å². The van der Waals surface area contributed by atoms with Gasteiger partial charge in [0.15, 0.2) is 0 Å². The normalized spacial score (nSPS) is 42.0. The molecule has 0 aromatic heterocycles. The Balaban J connectivity index is 0.000000617. The summed E-state index contributed by atoms with van der Waals surface area (Å²) >= 11 is 0. The lowest BCUT2D eigenvalue weighted by Crippen LogP contribution is -2.28. The summed E-state index contributed by atoms with van der Waals surface area (Å²) in [4.78, 5) is 0. The maximum atomic E-state index is 9.66. The molecular formula is C12H26O2. The van der Waals surface area contributed by atoms with E-state index in [1.807, 2.05) is 13.8 Å². The van der Waals surface area contributed by atoms with Crippen molar-refractivity contribution in [3.05, 3.63) is 0 Å². The zero-order valence-electron chi connectivity index (χ0n) is 9.45. The van der Waals surface area contributed by atoms with Crippen LogP contribution in [0.25, 0.3) is 0 Å². The molecule has 0 amide bonds. The summed E-state index contributed by atoms with van der Waals surface area (Å²) in [5, 5.41) is 19.3. The van der Waals surface area contributed by atoms with Crippen molar-refractivity contribution in [2.24, 2.45) is 11.8 Å². The molecule has 2 N–H and O–H groups in total. The second-order valence-electron chi connectivity index (χ2n) is 4.32. The summed E-state index contributed by atoms with van der Waals surface area (Å²) in [7, 11) is 0. The molecule has 14 heavy (non-hydrogen) atoms. The largest absolute Gasteiger partial charge is 0.393 e. The number of aliphatic hydroxyl groups is 2. The van der Waals surface area contributed by atoms with E-state index in [2.05, 4.69) is 0 Å². The predicted molar refractivity (Wildman–Crippen MR) is 60.2 cm³/mol. The molecule has 2 aliphatic rings. The van der Waals surface area contributed by atoms with E-state index < -0.39 is 0 Å². The quantitative estimate of drug-likeness (QED) is 0.686. The summed E-state index contributed by atoms with van der Waals surface area (Å²) in [6.07, 6.45) is 6.21. The Morgan fingerprint density at radius 3 is 1.36 bits per heavy atom. The van der Waals surface area contributed by atoms with Crippen molar-refractivity contribution in [3.8, 4) is 0 Å². The molecule has 4 atom stereocenters. The van der Waals surface area contributed by atoms with Gasteiger partial charge in [-0.05, 0) is 37.5 Å². The molecule has 0 bridgehead atoms. The van der Waals surface area contributed by atoms with Crippen LogP contribution < -0.4 is 0 Å². The van der Waals surface area contributed by atoms with Crippen molar-refractivity contribution < 1.29 is 11.6 Å². The van der Waals surface area contributed by atoms with Crippen LogP contribution in [0.1, 0.15) is 53.8 Å². The topological polar surface area (TPSA) is 40.5 Å². The number of hydrogen-bond donors (Lipinski definition) is 2. The van der Waals surface area contributed by atoms with Crippen molar-refractivity contribution in [1.82, 2.24) is 0 Å². The van der Waals surface area contributed by atoms with E-state index in [9.17, 15) is 10.2 Å². The Morgan fingerprint density at radius 2 is 1.14 bits per heavy atom. The van der Waals surface area contributed by atoms with Crippen LogP contribution in [-0.4, -0.2) is 22.4 Å². The Labute approximate surface area is 88.8 Å². The molecule has 0 radical (unpaired) electrons. The number of rotatable bonds is 1. The fraction of sp³-hybridized carbons (Fsp3) is 1.00. The Kier molecular flexibility index (Phi) is 4.90. The molecule has 2 rings (SSSR count). The van der Waals surface area contributed by atoms with Crippen LogP contribution >= 0.6 is 0 Å². The summed E-state index contributed by atoms with van der Waals surface area (Å²) in [5.74, 6) is 0.810. The molecule has 2 saturated carbocycles. The van der Waals surface area contributed by atoms with Gasteiger partial charge in [-0.25, -0.2) is 0 Å². The van der Waals surface area contributed by atoms with E-state index in [1.54, 1.807) is 0 Å². The van der Waals surface area contributed by atoms with E-state index >= 15 is 0 Å². The van der Waals surface area contributed by atoms with Gasteiger partial charge in [0, 0.05) is 1.43 Å². The molecule has 2 fully saturated rings. The third-order valence-corrected chi connectivity index (χ3v) is 3.61. The molecule has 1 unspecified atom stereocenters. The van der Waals surface area contributed by atoms with Crippen molar-refractivity contribution in [2.75, 3.05) is 0 Å². The third kappa shape index (κ3) is 2.48. The second-order valence-corrected chi connectivity index (χ2v) is 4.32. The van der Waals surface area contributed by atoms with Crippen LogP contribution in [0.15, 0.2) is 0 Å². The molecule has 2 heteroatoms. The van der Waals surface area contributed by atoms with Gasteiger partial charge in [-0.2, -0.15) is 0 Å². The first-order valence-corrected chi connectivity index (χ1v) is 6.15. The lowest BCUT2D eigenvalue weighted by molar-refractivity contribution is 0.0398. The van der Waals surface area contributed by atoms with Gasteiger partial charge in [-0.15, -0.1) is 0 Å². The molecule has 0 saturated heterocycles. The SMILES string of the molecule is CC.O[C@H]1CCCC1[C@H]1CCC[C@@H]1O.[HH]. The maximum Gasteiger partial charge on any atom is 0.0572 e. The second kappa shape index (κ2) is 5.72. The van der Waals surface area contributed by atoms with E-state index in [1.165, 1.54) is 0 Å². The predicted octanol–water partition coefficient (Wildman–Crippen LogP) is 2.58. The lowest BCUT2D eigenvalue weighted by Gasteiger charge is -2.24. The zero-order chi connectivity index (χ0) is 10.6. The highest BCUT2D eigenvalue weighted by Crippen LogP contribution is 2.40. The smallest absolute Gasteiger partial charge is 0.0572 e. The fourth-order valence-corrected chi connectivity index (χ4v) is 2.94. The van der Waals surface area contributed by atoms with Gasteiger partial charge in [-0.3, -0.25) is 0 Å². The zero-order valence-corrected chi connectivity index (χ0v) is 9.45. The van der Waals surface area contributed by atoms with Crippen molar-refractivity contribution >= 4 is 0 Å². The van der Waals surface area contributed by atoms with Gasteiger partial charge < -0.3 is 10.2 Å². The standard InChI is InChI=1S/C10H18O2.C2H6.H2/c11-9-5-1-3-7(9)8-4-2-6-10(8)12;1-2;/h7-12H,1-6H2;1-2H3;1H/t7-,8?,9+,10+;;/m1../s1. The van der Waals surface area contributed by atoms with Gasteiger partial charge in [0.25, 0.3) is 0 Å². The highest BCUT2D eigenvalue weighted by Gasteiger charge is 2.38. The van der Waals surface area contributed by atoms with Gasteiger partial charge in [0.2, 0.25) is 0 Å². The molecule has 0 aromatic carbocycles. The molecule has 86 valence electrons. The average Bonchev–Trinajstić information content (AvgIpc) is 2.78. The number of hydrogen-bond acceptors (Lipinski definition) is 2. The summed E-state index contributed by atoms with van der Waals surface area (Å²) in [5.41, 5.74) is 0. The average molecular weight is 202 g/mol. The number of aliphatic hydroxyl groups excluding tert-OH is 2. The van der Waals surface area contributed by atoms with Gasteiger partial charge in [0.05, 0.1) is 12.2 Å². The van der Waals surface area contributed by atoms with E-state index in [-0.39, 0.29) is 13.6 Å². The molecule has 0 aliphatic heterocycles.